The Kier molecular flexibility index (Phi) is 6.88. The summed E-state index contributed by atoms with van der Waals surface area (Å²) in [5, 5.41) is 2.76. The Balaban J connectivity index is 2.89. The molecule has 0 aliphatic rings. The van der Waals surface area contributed by atoms with Crippen molar-refractivity contribution in [2.75, 3.05) is 13.7 Å². The summed E-state index contributed by atoms with van der Waals surface area (Å²) in [5.41, 5.74) is 7.00. The lowest BCUT2D eigenvalue weighted by atomic mass is 10.0. The van der Waals surface area contributed by atoms with Gasteiger partial charge in [0.15, 0.2) is 0 Å². The fourth-order valence-electron chi connectivity index (χ4n) is 2.18. The molecule has 0 aliphatic carbocycles. The van der Waals surface area contributed by atoms with Gasteiger partial charge in [0.1, 0.15) is 6.04 Å². The number of hydrogen-bond donors (Lipinski definition) is 2. The number of nitrogens with one attached hydrogen (secondary N) is 1. The summed E-state index contributed by atoms with van der Waals surface area (Å²) in [6.45, 7) is 4.45. The van der Waals surface area contributed by atoms with Crippen LogP contribution in [-0.4, -0.2) is 31.6 Å². The second-order valence-corrected chi connectivity index (χ2v) is 5.37. The van der Waals surface area contributed by atoms with Gasteiger partial charge < -0.3 is 15.8 Å². The molecule has 1 unspecified atom stereocenters. The second-order valence-electron chi connectivity index (χ2n) is 5.37. The van der Waals surface area contributed by atoms with E-state index < -0.39 is 12.0 Å². The maximum Gasteiger partial charge on any atom is 0.328 e. The van der Waals surface area contributed by atoms with Gasteiger partial charge in [-0.15, -0.1) is 0 Å². The molecule has 0 aliphatic heterocycles. The molecule has 1 rings (SSSR count). The van der Waals surface area contributed by atoms with Gasteiger partial charge in [0.2, 0.25) is 0 Å². The third-order valence-electron chi connectivity index (χ3n) is 3.17. The molecular formula is C16H24N2O3. The van der Waals surface area contributed by atoms with Crippen molar-refractivity contribution in [2.24, 2.45) is 11.7 Å². The highest BCUT2D eigenvalue weighted by Crippen LogP contribution is 2.12. The number of amides is 1. The highest BCUT2D eigenvalue weighted by molar-refractivity contribution is 5.98. The standard InChI is InChI=1S/C16H24N2O3/c1-11(2)10-14(16(20)21-3)18-15(19)13-7-5-4-6-12(13)8-9-17/h4-7,11,14H,8-10,17H2,1-3H3,(H,18,19). The molecular weight excluding hydrogens is 268 g/mol. The van der Waals surface area contributed by atoms with Gasteiger partial charge in [0, 0.05) is 5.56 Å². The molecule has 116 valence electrons. The maximum atomic E-state index is 12.4. The van der Waals surface area contributed by atoms with Gasteiger partial charge >= 0.3 is 5.97 Å². The quantitative estimate of drug-likeness (QED) is 0.746. The lowest BCUT2D eigenvalue weighted by Crippen LogP contribution is -2.42. The van der Waals surface area contributed by atoms with E-state index in [1.807, 2.05) is 26.0 Å². The average Bonchev–Trinajstić information content (AvgIpc) is 2.46. The van der Waals surface area contributed by atoms with Crippen LogP contribution >= 0.6 is 0 Å². The molecule has 1 aromatic rings. The molecule has 1 aromatic carbocycles. The minimum Gasteiger partial charge on any atom is -0.467 e. The predicted molar refractivity (Wildman–Crippen MR) is 81.9 cm³/mol. The Morgan fingerprint density at radius 1 is 1.29 bits per heavy atom. The monoisotopic (exact) mass is 292 g/mol. The van der Waals surface area contributed by atoms with E-state index in [-0.39, 0.29) is 11.8 Å². The number of carbonyl (C=O) groups excluding carboxylic acids is 2. The summed E-state index contributed by atoms with van der Waals surface area (Å²) in [7, 11) is 1.32. The van der Waals surface area contributed by atoms with Crippen LogP contribution in [0.3, 0.4) is 0 Å². The first-order valence-corrected chi connectivity index (χ1v) is 7.16. The van der Waals surface area contributed by atoms with Crippen LogP contribution in [0.25, 0.3) is 0 Å². The van der Waals surface area contributed by atoms with Crippen LogP contribution in [0.4, 0.5) is 0 Å². The minimum atomic E-state index is -0.631. The Bertz CT molecular complexity index is 486. The van der Waals surface area contributed by atoms with E-state index in [1.54, 1.807) is 12.1 Å². The van der Waals surface area contributed by atoms with Crippen molar-refractivity contribution in [3.05, 3.63) is 35.4 Å². The van der Waals surface area contributed by atoms with E-state index in [2.05, 4.69) is 5.32 Å². The first-order valence-electron chi connectivity index (χ1n) is 7.16. The lowest BCUT2D eigenvalue weighted by molar-refractivity contribution is -0.143. The van der Waals surface area contributed by atoms with Gasteiger partial charge in [-0.05, 0) is 36.9 Å². The summed E-state index contributed by atoms with van der Waals surface area (Å²) in [6, 6.07) is 6.65. The molecule has 1 amide bonds. The first kappa shape index (κ1) is 17.2. The van der Waals surface area contributed by atoms with Crippen molar-refractivity contribution in [1.29, 1.82) is 0 Å². The minimum absolute atomic E-state index is 0.268. The molecule has 5 nitrogen and oxygen atoms in total. The molecule has 1 atom stereocenters. The van der Waals surface area contributed by atoms with Crippen LogP contribution in [0.1, 0.15) is 36.2 Å². The Hall–Kier alpha value is -1.88. The van der Waals surface area contributed by atoms with Crippen molar-refractivity contribution >= 4 is 11.9 Å². The van der Waals surface area contributed by atoms with Crippen molar-refractivity contribution in [1.82, 2.24) is 5.32 Å². The van der Waals surface area contributed by atoms with E-state index in [1.165, 1.54) is 7.11 Å². The largest absolute Gasteiger partial charge is 0.467 e. The molecule has 0 saturated heterocycles. The van der Waals surface area contributed by atoms with Gasteiger partial charge in [0.25, 0.3) is 5.91 Å². The number of nitrogens with two attached hydrogens (primary N) is 1. The second kappa shape index (κ2) is 8.42. The van der Waals surface area contributed by atoms with Gasteiger partial charge in [-0.3, -0.25) is 4.79 Å². The number of benzene rings is 1. The molecule has 0 spiro atoms. The number of hydrogen-bond acceptors (Lipinski definition) is 4. The molecule has 0 bridgehead atoms. The maximum absolute atomic E-state index is 12.4. The third-order valence-corrected chi connectivity index (χ3v) is 3.17. The van der Waals surface area contributed by atoms with Crippen molar-refractivity contribution in [3.8, 4) is 0 Å². The fraction of sp³-hybridized carbons (Fsp3) is 0.500. The Labute approximate surface area is 125 Å². The van der Waals surface area contributed by atoms with Crippen molar-refractivity contribution in [3.63, 3.8) is 0 Å². The van der Waals surface area contributed by atoms with E-state index in [0.717, 1.165) is 5.56 Å². The summed E-state index contributed by atoms with van der Waals surface area (Å²) < 4.78 is 4.75. The first-order chi connectivity index (χ1) is 9.99. The summed E-state index contributed by atoms with van der Waals surface area (Å²) in [4.78, 5) is 24.2. The van der Waals surface area contributed by atoms with Crippen molar-refractivity contribution < 1.29 is 14.3 Å². The van der Waals surface area contributed by atoms with Gasteiger partial charge in [-0.2, -0.15) is 0 Å². The average molecular weight is 292 g/mol. The van der Waals surface area contributed by atoms with Gasteiger partial charge in [-0.1, -0.05) is 32.0 Å². The molecule has 0 heterocycles. The summed E-state index contributed by atoms with van der Waals surface area (Å²) in [5.74, 6) is -0.419. The molecule has 21 heavy (non-hydrogen) atoms. The molecule has 0 aromatic heterocycles. The van der Waals surface area contributed by atoms with Crippen LogP contribution in [0, 0.1) is 5.92 Å². The lowest BCUT2D eigenvalue weighted by Gasteiger charge is -2.19. The van der Waals surface area contributed by atoms with Gasteiger partial charge in [0.05, 0.1) is 7.11 Å². The van der Waals surface area contributed by atoms with E-state index in [4.69, 9.17) is 10.5 Å². The number of ether oxygens (including phenoxy) is 1. The van der Waals surface area contributed by atoms with E-state index in [9.17, 15) is 9.59 Å². The number of methoxy groups -OCH3 is 1. The highest BCUT2D eigenvalue weighted by Gasteiger charge is 2.23. The normalized spacial score (nSPS) is 12.0. The molecule has 0 fully saturated rings. The van der Waals surface area contributed by atoms with Crippen LogP contribution < -0.4 is 11.1 Å². The Morgan fingerprint density at radius 2 is 1.95 bits per heavy atom. The SMILES string of the molecule is COC(=O)C(CC(C)C)NC(=O)c1ccccc1CCN. The highest BCUT2D eigenvalue weighted by atomic mass is 16.5. The van der Waals surface area contributed by atoms with Crippen LogP contribution in [0.5, 0.6) is 0 Å². The summed E-state index contributed by atoms with van der Waals surface area (Å²) >= 11 is 0. The number of esters is 1. The molecule has 0 saturated carbocycles. The zero-order valence-corrected chi connectivity index (χ0v) is 12.9. The number of rotatable bonds is 7. The fourth-order valence-corrected chi connectivity index (χ4v) is 2.18. The van der Waals surface area contributed by atoms with E-state index >= 15 is 0 Å². The van der Waals surface area contributed by atoms with Gasteiger partial charge in [-0.25, -0.2) is 4.79 Å². The Morgan fingerprint density at radius 3 is 2.52 bits per heavy atom. The third kappa shape index (κ3) is 5.19. The van der Waals surface area contributed by atoms with Crippen LogP contribution in [0.2, 0.25) is 0 Å². The predicted octanol–water partition coefficient (Wildman–Crippen LogP) is 1.51. The zero-order chi connectivity index (χ0) is 15.8. The summed E-state index contributed by atoms with van der Waals surface area (Å²) in [6.07, 6.45) is 1.16. The topological polar surface area (TPSA) is 81.4 Å². The van der Waals surface area contributed by atoms with Crippen molar-refractivity contribution in [2.45, 2.75) is 32.7 Å². The zero-order valence-electron chi connectivity index (χ0n) is 12.9. The molecule has 0 radical (unpaired) electrons. The molecule has 5 heteroatoms. The van der Waals surface area contributed by atoms with Crippen LogP contribution in [-0.2, 0) is 16.0 Å². The van der Waals surface area contributed by atoms with E-state index in [0.29, 0.717) is 24.9 Å². The number of carbonyl (C=O) groups is 2. The smallest absolute Gasteiger partial charge is 0.328 e. The van der Waals surface area contributed by atoms with Crippen LogP contribution in [0.15, 0.2) is 24.3 Å². The molecule has 3 N–H and O–H groups in total.